The summed E-state index contributed by atoms with van der Waals surface area (Å²) in [5.41, 5.74) is 2.86. The first kappa shape index (κ1) is 31.8. The summed E-state index contributed by atoms with van der Waals surface area (Å²) in [7, 11) is 0. The number of carbonyl (C=O) groups excluding carboxylic acids is 1. The van der Waals surface area contributed by atoms with Gasteiger partial charge in [-0.15, -0.1) is 0 Å². The first-order valence-corrected chi connectivity index (χ1v) is 15.8. The van der Waals surface area contributed by atoms with Crippen LogP contribution in [0.15, 0.2) is 79.6 Å². The summed E-state index contributed by atoms with van der Waals surface area (Å²) in [5.74, 6) is 0.101. The summed E-state index contributed by atoms with van der Waals surface area (Å²) in [6.45, 7) is 11.3. The average Bonchev–Trinajstić information content (AvgIpc) is 3.26. The smallest absolute Gasteiger partial charge is 0.338 e. The fraction of sp³-hybridized carbons (Fsp3) is 0.281. The van der Waals surface area contributed by atoms with Crippen LogP contribution in [0, 0.1) is 24.0 Å². The van der Waals surface area contributed by atoms with Crippen molar-refractivity contribution in [2.75, 3.05) is 6.61 Å². The van der Waals surface area contributed by atoms with Crippen LogP contribution in [0.4, 0.5) is 5.69 Å². The second kappa shape index (κ2) is 13.2. The van der Waals surface area contributed by atoms with Gasteiger partial charge in [-0.05, 0) is 94.8 Å². The lowest BCUT2D eigenvalue weighted by Crippen LogP contribution is -2.40. The van der Waals surface area contributed by atoms with Crippen LogP contribution in [0.25, 0.3) is 6.08 Å². The van der Waals surface area contributed by atoms with E-state index in [1.54, 1.807) is 51.1 Å². The minimum Gasteiger partial charge on any atom is -0.494 e. The molecule has 45 heavy (non-hydrogen) atoms. The van der Waals surface area contributed by atoms with Gasteiger partial charge in [0, 0.05) is 17.5 Å². The Morgan fingerprint density at radius 3 is 2.42 bits per heavy atom. The van der Waals surface area contributed by atoms with Gasteiger partial charge < -0.3 is 9.47 Å². The Morgan fingerprint density at radius 2 is 1.80 bits per heavy atom. The molecule has 232 valence electrons. The molecule has 1 atom stereocenters. The Bertz CT molecular complexity index is 1990. The van der Waals surface area contributed by atoms with Crippen LogP contribution in [0.5, 0.6) is 5.75 Å². The van der Waals surface area contributed by atoms with Gasteiger partial charge in [0.2, 0.25) is 0 Å². The number of benzene rings is 2. The Balaban J connectivity index is 1.60. The molecule has 13 heteroatoms. The number of thiazole rings is 1. The number of nitro groups is 1. The standard InChI is InChI=1S/C32H31N5O6S2/c1-7-42-23-11-9-22(10-12-23)28-27(30(39)43-17(2)3)20(6)35-32-36(28)29(38)26(45-32)16-21-8-13-25(24(15-21)37(40)41)44-31-33-18(4)14-19(5)34-31/h8-17,28H,7H2,1-6H3/b26-16-/t28-/m1/s1. The van der Waals surface area contributed by atoms with Gasteiger partial charge in [0.15, 0.2) is 9.96 Å². The summed E-state index contributed by atoms with van der Waals surface area (Å²) >= 11 is 2.25. The van der Waals surface area contributed by atoms with Crippen molar-refractivity contribution in [3.05, 3.63) is 112 Å². The minimum absolute atomic E-state index is 0.133. The molecule has 1 aliphatic rings. The zero-order valence-electron chi connectivity index (χ0n) is 25.6. The highest BCUT2D eigenvalue weighted by Gasteiger charge is 2.34. The predicted octanol–water partition coefficient (Wildman–Crippen LogP) is 5.05. The lowest BCUT2D eigenvalue weighted by molar-refractivity contribution is -0.387. The Morgan fingerprint density at radius 1 is 1.11 bits per heavy atom. The second-order valence-electron chi connectivity index (χ2n) is 10.6. The number of hydrogen-bond acceptors (Lipinski definition) is 11. The lowest BCUT2D eigenvalue weighted by atomic mass is 9.96. The molecule has 4 aromatic rings. The van der Waals surface area contributed by atoms with Crippen molar-refractivity contribution in [2.24, 2.45) is 4.99 Å². The van der Waals surface area contributed by atoms with Crippen molar-refractivity contribution in [3.63, 3.8) is 0 Å². The van der Waals surface area contributed by atoms with Crippen LogP contribution in [0.2, 0.25) is 0 Å². The quantitative estimate of drug-likeness (QED) is 0.106. The molecule has 1 aliphatic heterocycles. The minimum atomic E-state index is -0.795. The fourth-order valence-corrected chi connectivity index (χ4v) is 6.93. The van der Waals surface area contributed by atoms with E-state index < -0.39 is 16.9 Å². The molecule has 5 rings (SSSR count). The molecule has 0 saturated carbocycles. The van der Waals surface area contributed by atoms with E-state index in [0.29, 0.717) is 48.6 Å². The highest BCUT2D eigenvalue weighted by molar-refractivity contribution is 7.99. The molecule has 0 fully saturated rings. The molecule has 0 spiro atoms. The number of nitrogens with zero attached hydrogens (tertiary/aromatic N) is 5. The van der Waals surface area contributed by atoms with Gasteiger partial charge in [-0.3, -0.25) is 19.5 Å². The summed E-state index contributed by atoms with van der Waals surface area (Å²) in [6.07, 6.45) is 1.22. The number of aromatic nitrogens is 3. The topological polar surface area (TPSA) is 139 Å². The first-order chi connectivity index (χ1) is 21.4. The van der Waals surface area contributed by atoms with E-state index in [4.69, 9.17) is 9.47 Å². The van der Waals surface area contributed by atoms with Crippen LogP contribution in [0.1, 0.15) is 56.3 Å². The van der Waals surface area contributed by atoms with E-state index in [1.165, 1.54) is 10.6 Å². The molecule has 2 aromatic carbocycles. The maximum Gasteiger partial charge on any atom is 0.338 e. The predicted molar refractivity (Wildman–Crippen MR) is 171 cm³/mol. The lowest BCUT2D eigenvalue weighted by Gasteiger charge is -2.25. The van der Waals surface area contributed by atoms with Gasteiger partial charge in [0.25, 0.3) is 11.2 Å². The zero-order chi connectivity index (χ0) is 32.4. The first-order valence-electron chi connectivity index (χ1n) is 14.2. The number of allylic oxidation sites excluding steroid dienone is 1. The summed E-state index contributed by atoms with van der Waals surface area (Å²) in [6, 6.07) is 13.0. The van der Waals surface area contributed by atoms with Gasteiger partial charge in [-0.1, -0.05) is 29.5 Å². The number of fused-ring (bicyclic) bond motifs is 1. The van der Waals surface area contributed by atoms with Crippen molar-refractivity contribution in [2.45, 2.75) is 63.7 Å². The van der Waals surface area contributed by atoms with Crippen molar-refractivity contribution in [1.82, 2.24) is 14.5 Å². The second-order valence-corrected chi connectivity index (χ2v) is 12.6. The van der Waals surface area contributed by atoms with E-state index >= 15 is 0 Å². The van der Waals surface area contributed by atoms with Crippen LogP contribution in [0.3, 0.4) is 0 Å². The van der Waals surface area contributed by atoms with Gasteiger partial charge in [0.05, 0.1) is 44.4 Å². The number of hydrogen-bond donors (Lipinski definition) is 0. The Hall–Kier alpha value is -4.62. The van der Waals surface area contributed by atoms with Crippen LogP contribution in [-0.4, -0.2) is 38.1 Å². The highest BCUT2D eigenvalue weighted by Crippen LogP contribution is 2.35. The van der Waals surface area contributed by atoms with E-state index in [-0.39, 0.29) is 22.9 Å². The number of aryl methyl sites for hydroxylation is 2. The molecule has 0 N–H and O–H groups in total. The summed E-state index contributed by atoms with van der Waals surface area (Å²) in [4.78, 5) is 53.1. The third kappa shape index (κ3) is 6.89. The number of carbonyl (C=O) groups is 1. The van der Waals surface area contributed by atoms with E-state index in [9.17, 15) is 19.7 Å². The average molecular weight is 646 g/mol. The van der Waals surface area contributed by atoms with Gasteiger partial charge in [-0.2, -0.15) is 0 Å². The molecule has 3 heterocycles. The molecule has 0 amide bonds. The van der Waals surface area contributed by atoms with Crippen molar-refractivity contribution < 1.29 is 19.2 Å². The Kier molecular flexibility index (Phi) is 9.30. The van der Waals surface area contributed by atoms with Gasteiger partial charge in [-0.25, -0.2) is 19.8 Å². The molecule has 0 unspecified atom stereocenters. The molecule has 0 bridgehead atoms. The zero-order valence-corrected chi connectivity index (χ0v) is 27.2. The number of esters is 1. The number of nitro benzene ring substituents is 1. The largest absolute Gasteiger partial charge is 0.494 e. The molecule has 0 aliphatic carbocycles. The maximum atomic E-state index is 14.0. The number of rotatable bonds is 9. The van der Waals surface area contributed by atoms with E-state index in [1.807, 2.05) is 39.0 Å². The van der Waals surface area contributed by atoms with Crippen LogP contribution < -0.4 is 19.6 Å². The van der Waals surface area contributed by atoms with Crippen molar-refractivity contribution >= 4 is 40.8 Å². The molecular formula is C32H31N5O6S2. The van der Waals surface area contributed by atoms with Crippen molar-refractivity contribution in [3.8, 4) is 5.75 Å². The third-order valence-corrected chi connectivity index (χ3v) is 8.64. The highest BCUT2D eigenvalue weighted by atomic mass is 32.2. The SMILES string of the molecule is CCOc1ccc([C@@H]2C(C(=O)OC(C)C)=C(C)N=c3s/c(=C\c4ccc(Sc5nc(C)cc(C)n5)c([N+](=O)[O-])c4)c(=O)n32)cc1. The molecule has 0 saturated heterocycles. The molecule has 0 radical (unpaired) electrons. The summed E-state index contributed by atoms with van der Waals surface area (Å²) < 4.78 is 12.9. The molecule has 11 nitrogen and oxygen atoms in total. The van der Waals surface area contributed by atoms with Gasteiger partial charge in [0.1, 0.15) is 5.75 Å². The van der Waals surface area contributed by atoms with Crippen molar-refractivity contribution in [1.29, 1.82) is 0 Å². The van der Waals surface area contributed by atoms with Crippen LogP contribution in [-0.2, 0) is 9.53 Å². The van der Waals surface area contributed by atoms with Crippen LogP contribution >= 0.6 is 23.1 Å². The third-order valence-electron chi connectivity index (χ3n) is 6.73. The molecule has 2 aromatic heterocycles. The monoisotopic (exact) mass is 645 g/mol. The fourth-order valence-electron chi connectivity index (χ4n) is 4.93. The van der Waals surface area contributed by atoms with E-state index in [0.717, 1.165) is 34.5 Å². The number of ether oxygens (including phenoxy) is 2. The maximum absolute atomic E-state index is 14.0. The normalized spacial score (nSPS) is 14.7. The van der Waals surface area contributed by atoms with Gasteiger partial charge >= 0.3 is 5.97 Å². The molecular weight excluding hydrogens is 615 g/mol. The summed E-state index contributed by atoms with van der Waals surface area (Å²) in [5, 5.41) is 12.5. The Labute approximate surface area is 267 Å². The van der Waals surface area contributed by atoms with E-state index in [2.05, 4.69) is 15.0 Å².